The number of carboxylic acid groups (broad SMARTS) is 1. The SMILES string of the molecule is CCC1CCCCC1NC(=O)C(C)=C(C)C(=O)O. The summed E-state index contributed by atoms with van der Waals surface area (Å²) in [6, 6.07) is 0.202. The number of carbonyl (C=O) groups excluding carboxylic acids is 1. The zero-order valence-corrected chi connectivity index (χ0v) is 11.5. The van der Waals surface area contributed by atoms with Crippen LogP contribution in [0.1, 0.15) is 52.9 Å². The molecule has 0 radical (unpaired) electrons. The summed E-state index contributed by atoms with van der Waals surface area (Å²) in [6.07, 6.45) is 5.59. The van der Waals surface area contributed by atoms with E-state index >= 15 is 0 Å². The lowest BCUT2D eigenvalue weighted by molar-refractivity contribution is -0.133. The molecule has 0 heterocycles. The Hall–Kier alpha value is -1.32. The molecule has 4 heteroatoms. The van der Waals surface area contributed by atoms with Crippen molar-refractivity contribution < 1.29 is 14.7 Å². The maximum Gasteiger partial charge on any atom is 0.331 e. The lowest BCUT2D eigenvalue weighted by Gasteiger charge is -2.31. The molecule has 0 aromatic heterocycles. The predicted molar refractivity (Wildman–Crippen MR) is 70.2 cm³/mol. The van der Waals surface area contributed by atoms with Gasteiger partial charge in [0, 0.05) is 17.2 Å². The molecule has 0 saturated heterocycles. The molecular formula is C14H23NO3. The van der Waals surface area contributed by atoms with Gasteiger partial charge in [-0.3, -0.25) is 4.79 Å². The van der Waals surface area contributed by atoms with Crippen LogP contribution in [0, 0.1) is 5.92 Å². The number of rotatable bonds is 4. The second-order valence-corrected chi connectivity index (χ2v) is 5.09. The molecule has 1 aliphatic rings. The molecule has 2 N–H and O–H groups in total. The standard InChI is InChI=1S/C14H23NO3/c1-4-11-7-5-6-8-12(11)15-13(16)9(2)10(3)14(17)18/h11-12H,4-8H2,1-3H3,(H,15,16)(H,17,18). The van der Waals surface area contributed by atoms with E-state index in [9.17, 15) is 9.59 Å². The molecule has 1 fully saturated rings. The van der Waals surface area contributed by atoms with Gasteiger partial charge >= 0.3 is 5.97 Å². The third kappa shape index (κ3) is 3.59. The van der Waals surface area contributed by atoms with E-state index in [0.29, 0.717) is 11.5 Å². The van der Waals surface area contributed by atoms with Crippen molar-refractivity contribution >= 4 is 11.9 Å². The number of aliphatic carboxylic acids is 1. The second-order valence-electron chi connectivity index (χ2n) is 5.09. The van der Waals surface area contributed by atoms with E-state index < -0.39 is 5.97 Å². The van der Waals surface area contributed by atoms with Crippen molar-refractivity contribution in [2.45, 2.75) is 58.9 Å². The fourth-order valence-corrected chi connectivity index (χ4v) is 2.49. The van der Waals surface area contributed by atoms with E-state index in [1.165, 1.54) is 13.3 Å². The van der Waals surface area contributed by atoms with Crippen LogP contribution in [0.15, 0.2) is 11.1 Å². The number of hydrogen-bond acceptors (Lipinski definition) is 2. The van der Waals surface area contributed by atoms with Gasteiger partial charge in [0.25, 0.3) is 0 Å². The Morgan fingerprint density at radius 2 is 1.78 bits per heavy atom. The van der Waals surface area contributed by atoms with Gasteiger partial charge < -0.3 is 10.4 Å². The monoisotopic (exact) mass is 253 g/mol. The van der Waals surface area contributed by atoms with Crippen molar-refractivity contribution in [3.05, 3.63) is 11.1 Å². The number of carboxylic acids is 1. The summed E-state index contributed by atoms with van der Waals surface area (Å²) in [5.41, 5.74) is 0.430. The van der Waals surface area contributed by atoms with Crippen LogP contribution in [0.3, 0.4) is 0 Å². The van der Waals surface area contributed by atoms with Crippen molar-refractivity contribution in [1.29, 1.82) is 0 Å². The molecule has 0 bridgehead atoms. The van der Waals surface area contributed by atoms with Gasteiger partial charge in [0.2, 0.25) is 5.91 Å². The molecule has 18 heavy (non-hydrogen) atoms. The van der Waals surface area contributed by atoms with Gasteiger partial charge in [-0.05, 0) is 32.6 Å². The van der Waals surface area contributed by atoms with Crippen molar-refractivity contribution in [2.75, 3.05) is 0 Å². The normalized spacial score (nSPS) is 25.3. The van der Waals surface area contributed by atoms with Crippen LogP contribution >= 0.6 is 0 Å². The zero-order valence-electron chi connectivity index (χ0n) is 11.5. The van der Waals surface area contributed by atoms with Crippen LogP contribution in [-0.4, -0.2) is 23.0 Å². The van der Waals surface area contributed by atoms with Crippen LogP contribution in [-0.2, 0) is 9.59 Å². The minimum Gasteiger partial charge on any atom is -0.478 e. The minimum atomic E-state index is -1.03. The molecule has 1 saturated carbocycles. The molecule has 1 rings (SSSR count). The number of amides is 1. The van der Waals surface area contributed by atoms with Crippen molar-refractivity contribution in [2.24, 2.45) is 5.92 Å². The van der Waals surface area contributed by atoms with Crippen LogP contribution in [0.4, 0.5) is 0 Å². The van der Waals surface area contributed by atoms with Crippen molar-refractivity contribution in [3.63, 3.8) is 0 Å². The highest BCUT2D eigenvalue weighted by Crippen LogP contribution is 2.27. The summed E-state index contributed by atoms with van der Waals surface area (Å²) < 4.78 is 0. The molecule has 0 aliphatic heterocycles. The Morgan fingerprint density at radius 3 is 2.33 bits per heavy atom. The average Bonchev–Trinajstić information content (AvgIpc) is 2.37. The third-order valence-electron chi connectivity index (χ3n) is 3.97. The van der Waals surface area contributed by atoms with Gasteiger partial charge in [-0.2, -0.15) is 0 Å². The quantitative estimate of drug-likeness (QED) is 0.756. The summed E-state index contributed by atoms with van der Waals surface area (Å²) in [5.74, 6) is -0.737. The Kier molecular flexibility index (Phi) is 5.38. The second kappa shape index (κ2) is 6.57. The Labute approximate surface area is 108 Å². The molecule has 2 unspecified atom stereocenters. The maximum atomic E-state index is 12.0. The Morgan fingerprint density at radius 1 is 1.17 bits per heavy atom. The fourth-order valence-electron chi connectivity index (χ4n) is 2.49. The molecule has 0 aromatic carbocycles. The van der Waals surface area contributed by atoms with Gasteiger partial charge in [-0.1, -0.05) is 26.2 Å². The highest BCUT2D eigenvalue weighted by molar-refractivity contribution is 6.01. The smallest absolute Gasteiger partial charge is 0.331 e. The third-order valence-corrected chi connectivity index (χ3v) is 3.97. The van der Waals surface area contributed by atoms with E-state index in [1.807, 2.05) is 0 Å². The molecule has 4 nitrogen and oxygen atoms in total. The summed E-state index contributed by atoms with van der Waals surface area (Å²) in [5, 5.41) is 11.9. The molecule has 0 spiro atoms. The van der Waals surface area contributed by atoms with Crippen LogP contribution in [0.5, 0.6) is 0 Å². The van der Waals surface area contributed by atoms with Gasteiger partial charge in [-0.15, -0.1) is 0 Å². The predicted octanol–water partition coefficient (Wildman–Crippen LogP) is 2.49. The summed E-state index contributed by atoms with van der Waals surface area (Å²) in [4.78, 5) is 22.8. The van der Waals surface area contributed by atoms with Crippen molar-refractivity contribution in [3.8, 4) is 0 Å². The highest BCUT2D eigenvalue weighted by Gasteiger charge is 2.25. The van der Waals surface area contributed by atoms with E-state index in [2.05, 4.69) is 12.2 Å². The molecular weight excluding hydrogens is 230 g/mol. The first kappa shape index (κ1) is 14.7. The van der Waals surface area contributed by atoms with Crippen molar-refractivity contribution in [1.82, 2.24) is 5.32 Å². The number of hydrogen-bond donors (Lipinski definition) is 2. The maximum absolute atomic E-state index is 12.0. The lowest BCUT2D eigenvalue weighted by Crippen LogP contribution is -2.42. The molecule has 2 atom stereocenters. The van der Waals surface area contributed by atoms with E-state index in [0.717, 1.165) is 25.7 Å². The van der Waals surface area contributed by atoms with Crippen LogP contribution in [0.25, 0.3) is 0 Å². The molecule has 102 valence electrons. The van der Waals surface area contributed by atoms with Gasteiger partial charge in [0.1, 0.15) is 0 Å². The number of carbonyl (C=O) groups is 2. The average molecular weight is 253 g/mol. The molecule has 0 aromatic rings. The van der Waals surface area contributed by atoms with E-state index in [-0.39, 0.29) is 17.5 Å². The van der Waals surface area contributed by atoms with Crippen LogP contribution in [0.2, 0.25) is 0 Å². The minimum absolute atomic E-state index is 0.122. The van der Waals surface area contributed by atoms with Gasteiger partial charge in [0.05, 0.1) is 0 Å². The first-order valence-corrected chi connectivity index (χ1v) is 6.69. The van der Waals surface area contributed by atoms with Gasteiger partial charge in [-0.25, -0.2) is 4.79 Å². The first-order chi connectivity index (χ1) is 8.47. The topological polar surface area (TPSA) is 66.4 Å². The number of nitrogens with one attached hydrogen (secondary N) is 1. The summed E-state index contributed by atoms with van der Waals surface area (Å²) in [7, 11) is 0. The Bertz CT molecular complexity index is 360. The van der Waals surface area contributed by atoms with Gasteiger partial charge in [0.15, 0.2) is 0 Å². The molecule has 1 aliphatic carbocycles. The largest absolute Gasteiger partial charge is 0.478 e. The highest BCUT2D eigenvalue weighted by atomic mass is 16.4. The summed E-state index contributed by atoms with van der Waals surface area (Å²) >= 11 is 0. The Balaban J connectivity index is 2.69. The molecule has 1 amide bonds. The van der Waals surface area contributed by atoms with E-state index in [1.54, 1.807) is 6.92 Å². The lowest BCUT2D eigenvalue weighted by atomic mass is 9.83. The van der Waals surface area contributed by atoms with E-state index in [4.69, 9.17) is 5.11 Å². The van der Waals surface area contributed by atoms with Crippen LogP contribution < -0.4 is 5.32 Å². The fraction of sp³-hybridized carbons (Fsp3) is 0.714. The summed E-state index contributed by atoms with van der Waals surface area (Å²) in [6.45, 7) is 5.18. The first-order valence-electron chi connectivity index (χ1n) is 6.69. The zero-order chi connectivity index (χ0) is 13.7.